The van der Waals surface area contributed by atoms with Crippen LogP contribution in [0.15, 0.2) is 105 Å². The second-order valence-electron chi connectivity index (χ2n) is 7.33. The van der Waals surface area contributed by atoms with E-state index in [2.05, 4.69) is 3.63 Å². The number of hydrogen-bond acceptors (Lipinski definition) is 3. The minimum atomic E-state index is -5.47. The maximum absolute atomic E-state index is 14.6. The van der Waals surface area contributed by atoms with Crippen molar-refractivity contribution in [1.82, 2.24) is 0 Å². The van der Waals surface area contributed by atoms with Crippen molar-refractivity contribution in [3.8, 4) is 5.75 Å². The molecule has 0 aliphatic carbocycles. The van der Waals surface area contributed by atoms with Gasteiger partial charge in [-0.3, -0.25) is 3.63 Å². The predicted molar refractivity (Wildman–Crippen MR) is 124 cm³/mol. The SMILES string of the molecule is COc1ccc(S([OH+]S(=O)(=O)c2c(F)c(F)c(F)c(F)c2F)(c2ccccc2)c2ccccc2)cc1. The zero-order valence-electron chi connectivity index (χ0n) is 18.5. The van der Waals surface area contributed by atoms with Gasteiger partial charge in [-0.25, -0.2) is 22.0 Å². The molecular weight excluding hydrogens is 523 g/mol. The molecule has 0 saturated carbocycles. The Morgan fingerprint density at radius 3 is 1.39 bits per heavy atom. The zero-order chi connectivity index (χ0) is 26.1. The van der Waals surface area contributed by atoms with Crippen LogP contribution in [0.25, 0.3) is 0 Å². The molecule has 0 amide bonds. The first-order chi connectivity index (χ1) is 17.1. The summed E-state index contributed by atoms with van der Waals surface area (Å²) in [5, 5.41) is 0. The van der Waals surface area contributed by atoms with Crippen LogP contribution in [0, 0.1) is 29.1 Å². The summed E-state index contributed by atoms with van der Waals surface area (Å²) in [5.74, 6) is -11.8. The topological polar surface area (TPSA) is 56.2 Å². The molecule has 0 bridgehead atoms. The van der Waals surface area contributed by atoms with Crippen molar-refractivity contribution >= 4 is 20.4 Å². The minimum absolute atomic E-state index is 0.313. The fourth-order valence-corrected chi connectivity index (χ4v) is 9.13. The molecule has 0 spiro atoms. The van der Waals surface area contributed by atoms with Crippen LogP contribution < -0.4 is 4.74 Å². The van der Waals surface area contributed by atoms with Crippen molar-refractivity contribution in [3.63, 3.8) is 0 Å². The second kappa shape index (κ2) is 9.92. The van der Waals surface area contributed by atoms with Crippen LogP contribution in [-0.2, 0) is 10.1 Å². The van der Waals surface area contributed by atoms with Crippen LogP contribution in [0.1, 0.15) is 0 Å². The smallest absolute Gasteiger partial charge is 0.428 e. The summed E-state index contributed by atoms with van der Waals surface area (Å²) in [5.41, 5.74) is 0. The fourth-order valence-electron chi connectivity index (χ4n) is 3.54. The van der Waals surface area contributed by atoms with E-state index < -0.39 is 54.4 Å². The number of benzene rings is 4. The number of hydrogen-bond donors (Lipinski definition) is 0. The van der Waals surface area contributed by atoms with Crippen molar-refractivity contribution in [3.05, 3.63) is 114 Å². The van der Waals surface area contributed by atoms with Crippen LogP contribution >= 0.6 is 10.3 Å². The van der Waals surface area contributed by atoms with Gasteiger partial charge in [0, 0.05) is 0 Å². The van der Waals surface area contributed by atoms with E-state index in [0.29, 0.717) is 20.4 Å². The van der Waals surface area contributed by atoms with E-state index in [4.69, 9.17) is 4.74 Å². The summed E-state index contributed by atoms with van der Waals surface area (Å²) < 4.78 is 107. The molecule has 0 aromatic heterocycles. The van der Waals surface area contributed by atoms with Gasteiger partial charge in [0.1, 0.15) is 5.75 Å². The molecule has 0 aliphatic rings. The number of methoxy groups -OCH3 is 1. The highest BCUT2D eigenvalue weighted by Gasteiger charge is 2.47. The third-order valence-corrected chi connectivity index (χ3v) is 10.6. The maximum Gasteiger partial charge on any atom is 0.428 e. The number of rotatable bonds is 7. The van der Waals surface area contributed by atoms with E-state index in [0.717, 1.165) is 0 Å². The lowest BCUT2D eigenvalue weighted by Crippen LogP contribution is -2.22. The molecule has 0 aliphatic heterocycles. The Morgan fingerprint density at radius 1 is 0.583 bits per heavy atom. The minimum Gasteiger partial charge on any atom is -0.497 e. The standard InChI is InChI=1S/C25H17F5O4S2/c1-33-16-12-14-19(15-13-16)35(17-8-4-2-5-9-17,18-10-6-3-7-11-18)34-36(31,32)25-23(29)21(27)20(26)22(28)24(25)30/h2-15H,1H3/p+1. The van der Waals surface area contributed by atoms with Crippen molar-refractivity contribution in [2.75, 3.05) is 7.11 Å². The molecule has 0 atom stereocenters. The molecule has 0 radical (unpaired) electrons. The first kappa shape index (κ1) is 25.7. The van der Waals surface area contributed by atoms with Crippen LogP contribution in [0.2, 0.25) is 0 Å². The third kappa shape index (κ3) is 4.34. The van der Waals surface area contributed by atoms with E-state index in [1.54, 1.807) is 72.8 Å². The van der Waals surface area contributed by atoms with Gasteiger partial charge < -0.3 is 4.74 Å². The van der Waals surface area contributed by atoms with E-state index in [1.807, 2.05) is 0 Å². The summed E-state index contributed by atoms with van der Waals surface area (Å²) in [7, 11) is -7.26. The number of ether oxygens (including phenoxy) is 1. The van der Waals surface area contributed by atoms with Crippen molar-refractivity contribution in [2.24, 2.45) is 0 Å². The first-order valence-electron chi connectivity index (χ1n) is 10.2. The highest BCUT2D eigenvalue weighted by Crippen LogP contribution is 2.68. The average Bonchev–Trinajstić information content (AvgIpc) is 2.90. The van der Waals surface area contributed by atoms with Gasteiger partial charge in [0.2, 0.25) is 10.7 Å². The Labute approximate surface area is 205 Å². The van der Waals surface area contributed by atoms with Crippen LogP contribution in [0.3, 0.4) is 0 Å². The molecule has 0 saturated heterocycles. The molecular formula is C25H18F5O4S2+. The molecule has 1 N–H and O–H groups in total. The van der Waals surface area contributed by atoms with Gasteiger partial charge in [-0.05, 0) is 48.5 Å². The molecule has 36 heavy (non-hydrogen) atoms. The van der Waals surface area contributed by atoms with Crippen molar-refractivity contribution in [2.45, 2.75) is 19.6 Å². The summed E-state index contributed by atoms with van der Waals surface area (Å²) in [4.78, 5) is -1.02. The lowest BCUT2D eigenvalue weighted by atomic mass is 10.3. The number of halogens is 5. The van der Waals surface area contributed by atoms with Crippen LogP contribution in [-0.4, -0.2) is 19.2 Å². The summed E-state index contributed by atoms with van der Waals surface area (Å²) in [6.07, 6.45) is 0. The van der Waals surface area contributed by atoms with Gasteiger partial charge in [-0.1, -0.05) is 36.4 Å². The zero-order valence-corrected chi connectivity index (χ0v) is 20.1. The Balaban J connectivity index is 2.06. The maximum atomic E-state index is 14.6. The quantitative estimate of drug-likeness (QED) is 0.0827. The molecule has 0 fully saturated rings. The van der Waals surface area contributed by atoms with E-state index in [-0.39, 0.29) is 0 Å². The normalized spacial score (nSPS) is 12.4. The van der Waals surface area contributed by atoms with E-state index in [1.165, 1.54) is 19.2 Å². The Bertz CT molecular complexity index is 1430. The summed E-state index contributed by atoms with van der Waals surface area (Å²) >= 11 is 0. The second-order valence-corrected chi connectivity index (χ2v) is 11.9. The molecule has 0 heterocycles. The van der Waals surface area contributed by atoms with Gasteiger partial charge in [0.05, 0.1) is 32.1 Å². The molecule has 0 unspecified atom stereocenters. The largest absolute Gasteiger partial charge is 0.497 e. The Hall–Kier alpha value is -3.41. The van der Waals surface area contributed by atoms with Crippen LogP contribution in [0.4, 0.5) is 22.0 Å². The van der Waals surface area contributed by atoms with Crippen LogP contribution in [0.5, 0.6) is 5.75 Å². The highest BCUT2D eigenvalue weighted by atomic mass is 32.3. The molecule has 4 aromatic carbocycles. The highest BCUT2D eigenvalue weighted by molar-refractivity contribution is 8.32. The van der Waals surface area contributed by atoms with Gasteiger partial charge >= 0.3 is 10.1 Å². The van der Waals surface area contributed by atoms with E-state index >= 15 is 0 Å². The lowest BCUT2D eigenvalue weighted by molar-refractivity contribution is 0.338. The molecule has 4 rings (SSSR count). The van der Waals surface area contributed by atoms with Crippen molar-refractivity contribution < 1.29 is 38.7 Å². The summed E-state index contributed by atoms with van der Waals surface area (Å²) in [6.45, 7) is 0. The van der Waals surface area contributed by atoms with Gasteiger partial charge in [-0.15, -0.1) is 8.42 Å². The Kier molecular flexibility index (Phi) is 7.07. The monoisotopic (exact) mass is 541 g/mol. The molecule has 4 nitrogen and oxygen atoms in total. The fraction of sp³-hybridized carbons (Fsp3) is 0.0400. The molecule has 11 heteroatoms. The molecule has 188 valence electrons. The van der Waals surface area contributed by atoms with Crippen molar-refractivity contribution in [1.29, 1.82) is 0 Å². The van der Waals surface area contributed by atoms with Gasteiger partial charge in [-0.2, -0.15) is 0 Å². The first-order valence-corrected chi connectivity index (χ1v) is 13.2. The van der Waals surface area contributed by atoms with Gasteiger partial charge in [0.15, 0.2) is 23.3 Å². The van der Waals surface area contributed by atoms with Gasteiger partial charge in [0.25, 0.3) is 0 Å². The van der Waals surface area contributed by atoms with E-state index in [9.17, 15) is 30.4 Å². The predicted octanol–water partition coefficient (Wildman–Crippen LogP) is 7.07. The summed E-state index contributed by atoms with van der Waals surface area (Å²) in [6, 6.07) is 22.3. The Morgan fingerprint density at radius 2 is 0.972 bits per heavy atom. The third-order valence-electron chi connectivity index (χ3n) is 5.21. The average molecular weight is 542 g/mol. The molecule has 4 aromatic rings. The lowest BCUT2D eigenvalue weighted by Gasteiger charge is -2.34.